The molecule has 1 aliphatic heterocycles. The molecule has 2 aromatic heterocycles. The van der Waals surface area contributed by atoms with E-state index in [1.807, 2.05) is 0 Å². The van der Waals surface area contributed by atoms with Gasteiger partial charge in [-0.2, -0.15) is 5.26 Å². The first kappa shape index (κ1) is 11.1. The number of hydrogen-bond donors (Lipinski definition) is 1. The van der Waals surface area contributed by atoms with Crippen molar-refractivity contribution in [2.75, 3.05) is 17.2 Å². The molecule has 0 unspecified atom stereocenters. The maximum absolute atomic E-state index is 9.16. The van der Waals surface area contributed by atoms with Crippen LogP contribution in [0.15, 0.2) is 23.7 Å². The lowest BCUT2D eigenvalue weighted by atomic mass is 10.1. The van der Waals surface area contributed by atoms with E-state index in [0.717, 1.165) is 25.3 Å². The SMILES string of the molecule is N#Cc1cc(N)cnc1N1CCc2sccc2C1. The van der Waals surface area contributed by atoms with Gasteiger partial charge in [0, 0.05) is 18.0 Å². The summed E-state index contributed by atoms with van der Waals surface area (Å²) >= 11 is 1.80. The Kier molecular flexibility index (Phi) is 2.65. The topological polar surface area (TPSA) is 65.9 Å². The van der Waals surface area contributed by atoms with Gasteiger partial charge in [-0.25, -0.2) is 4.98 Å². The van der Waals surface area contributed by atoms with E-state index in [1.54, 1.807) is 23.6 Å². The van der Waals surface area contributed by atoms with Crippen LogP contribution in [0.25, 0.3) is 0 Å². The molecule has 0 aromatic carbocycles. The van der Waals surface area contributed by atoms with Gasteiger partial charge in [-0.05, 0) is 29.5 Å². The first-order valence-electron chi connectivity index (χ1n) is 5.74. The number of fused-ring (bicyclic) bond motifs is 1. The normalized spacial score (nSPS) is 14.1. The van der Waals surface area contributed by atoms with E-state index >= 15 is 0 Å². The Morgan fingerprint density at radius 3 is 3.22 bits per heavy atom. The van der Waals surface area contributed by atoms with Crippen molar-refractivity contribution in [3.63, 3.8) is 0 Å². The minimum absolute atomic E-state index is 0.531. The van der Waals surface area contributed by atoms with Crippen molar-refractivity contribution >= 4 is 22.8 Å². The highest BCUT2D eigenvalue weighted by molar-refractivity contribution is 7.10. The molecule has 0 fully saturated rings. The average Bonchev–Trinajstić information content (AvgIpc) is 2.85. The summed E-state index contributed by atoms with van der Waals surface area (Å²) in [6.45, 7) is 1.73. The highest BCUT2D eigenvalue weighted by Gasteiger charge is 2.20. The number of anilines is 2. The van der Waals surface area contributed by atoms with Gasteiger partial charge >= 0.3 is 0 Å². The van der Waals surface area contributed by atoms with Crippen LogP contribution in [0.5, 0.6) is 0 Å². The lowest BCUT2D eigenvalue weighted by Gasteiger charge is -2.28. The minimum atomic E-state index is 0.531. The van der Waals surface area contributed by atoms with Crippen molar-refractivity contribution in [3.8, 4) is 6.07 Å². The minimum Gasteiger partial charge on any atom is -0.397 e. The second-order valence-corrected chi connectivity index (χ2v) is 5.29. The van der Waals surface area contributed by atoms with E-state index in [9.17, 15) is 0 Å². The van der Waals surface area contributed by atoms with Crippen LogP contribution < -0.4 is 10.6 Å². The second-order valence-electron chi connectivity index (χ2n) is 4.29. The fourth-order valence-corrected chi connectivity index (χ4v) is 3.13. The van der Waals surface area contributed by atoms with Crippen LogP contribution >= 0.6 is 11.3 Å². The molecule has 4 nitrogen and oxygen atoms in total. The maximum Gasteiger partial charge on any atom is 0.146 e. The Balaban J connectivity index is 1.96. The van der Waals surface area contributed by atoms with Gasteiger partial charge in [-0.1, -0.05) is 0 Å². The number of nitrogens with zero attached hydrogens (tertiary/aromatic N) is 3. The molecule has 90 valence electrons. The van der Waals surface area contributed by atoms with Crippen molar-refractivity contribution in [2.45, 2.75) is 13.0 Å². The highest BCUT2D eigenvalue weighted by atomic mass is 32.1. The van der Waals surface area contributed by atoms with Crippen molar-refractivity contribution in [2.24, 2.45) is 0 Å². The summed E-state index contributed by atoms with van der Waals surface area (Å²) in [7, 11) is 0. The van der Waals surface area contributed by atoms with Gasteiger partial charge in [-0.15, -0.1) is 11.3 Å². The number of rotatable bonds is 1. The zero-order chi connectivity index (χ0) is 12.5. The summed E-state index contributed by atoms with van der Waals surface area (Å²) in [5.74, 6) is 0.739. The molecule has 0 amide bonds. The van der Waals surface area contributed by atoms with Crippen LogP contribution in [-0.4, -0.2) is 11.5 Å². The molecule has 0 saturated heterocycles. The molecule has 0 spiro atoms. The van der Waals surface area contributed by atoms with Crippen LogP contribution in [0.2, 0.25) is 0 Å². The Bertz CT molecular complexity index is 626. The Hall–Kier alpha value is -2.06. The van der Waals surface area contributed by atoms with Gasteiger partial charge in [0.25, 0.3) is 0 Å². The van der Waals surface area contributed by atoms with Gasteiger partial charge in [0.2, 0.25) is 0 Å². The molecule has 18 heavy (non-hydrogen) atoms. The number of nitriles is 1. The zero-order valence-corrected chi connectivity index (χ0v) is 10.6. The lowest BCUT2D eigenvalue weighted by molar-refractivity contribution is 0.731. The Morgan fingerprint density at radius 2 is 2.39 bits per heavy atom. The van der Waals surface area contributed by atoms with E-state index in [2.05, 4.69) is 27.4 Å². The van der Waals surface area contributed by atoms with Crippen molar-refractivity contribution < 1.29 is 0 Å². The molecule has 1 aliphatic rings. The molecule has 2 aromatic rings. The monoisotopic (exact) mass is 256 g/mol. The highest BCUT2D eigenvalue weighted by Crippen LogP contribution is 2.28. The molecule has 0 radical (unpaired) electrons. The number of nitrogen functional groups attached to an aromatic ring is 1. The molecular formula is C13H12N4S. The van der Waals surface area contributed by atoms with Gasteiger partial charge in [-0.3, -0.25) is 0 Å². The summed E-state index contributed by atoms with van der Waals surface area (Å²) in [6, 6.07) is 6.00. The van der Waals surface area contributed by atoms with Crippen molar-refractivity contribution in [3.05, 3.63) is 39.7 Å². The Morgan fingerprint density at radius 1 is 1.50 bits per heavy atom. The standard InChI is InChI=1S/C13H12N4S/c14-6-10-5-11(15)7-16-13(10)17-3-1-12-9(8-17)2-4-18-12/h2,4-5,7H,1,3,8,15H2. The first-order chi connectivity index (χ1) is 8.78. The fourth-order valence-electron chi connectivity index (χ4n) is 2.24. The number of aromatic nitrogens is 1. The van der Waals surface area contributed by atoms with E-state index in [4.69, 9.17) is 11.0 Å². The number of nitrogens with two attached hydrogens (primary N) is 1. The van der Waals surface area contributed by atoms with Crippen LogP contribution in [0.1, 0.15) is 16.0 Å². The molecular weight excluding hydrogens is 244 g/mol. The smallest absolute Gasteiger partial charge is 0.146 e. The molecule has 0 atom stereocenters. The Labute approximate surface area is 109 Å². The third kappa shape index (κ3) is 1.81. The van der Waals surface area contributed by atoms with Gasteiger partial charge < -0.3 is 10.6 Å². The van der Waals surface area contributed by atoms with Crippen LogP contribution in [0.4, 0.5) is 11.5 Å². The van der Waals surface area contributed by atoms with E-state index in [0.29, 0.717) is 11.3 Å². The van der Waals surface area contributed by atoms with Gasteiger partial charge in [0.1, 0.15) is 11.9 Å². The van der Waals surface area contributed by atoms with Crippen LogP contribution in [0.3, 0.4) is 0 Å². The van der Waals surface area contributed by atoms with Crippen molar-refractivity contribution in [1.29, 1.82) is 5.26 Å². The number of thiophene rings is 1. The molecule has 0 saturated carbocycles. The molecule has 2 N–H and O–H groups in total. The summed E-state index contributed by atoms with van der Waals surface area (Å²) in [4.78, 5) is 7.90. The molecule has 5 heteroatoms. The largest absolute Gasteiger partial charge is 0.397 e. The molecule has 3 rings (SSSR count). The predicted octanol–water partition coefficient (Wildman–Crippen LogP) is 2.16. The summed E-state index contributed by atoms with van der Waals surface area (Å²) < 4.78 is 0. The number of pyridine rings is 1. The first-order valence-corrected chi connectivity index (χ1v) is 6.61. The summed E-state index contributed by atoms with van der Waals surface area (Å²) in [5, 5.41) is 11.3. The third-order valence-electron chi connectivity index (χ3n) is 3.12. The van der Waals surface area contributed by atoms with E-state index in [-0.39, 0.29) is 0 Å². The average molecular weight is 256 g/mol. The molecule has 3 heterocycles. The van der Waals surface area contributed by atoms with Crippen molar-refractivity contribution in [1.82, 2.24) is 4.98 Å². The van der Waals surface area contributed by atoms with Crippen LogP contribution in [0, 0.1) is 11.3 Å². The maximum atomic E-state index is 9.16. The number of hydrogen-bond acceptors (Lipinski definition) is 5. The predicted molar refractivity (Wildman–Crippen MR) is 72.4 cm³/mol. The van der Waals surface area contributed by atoms with E-state index < -0.39 is 0 Å². The lowest BCUT2D eigenvalue weighted by Crippen LogP contribution is -2.30. The fraction of sp³-hybridized carbons (Fsp3) is 0.231. The van der Waals surface area contributed by atoms with E-state index in [1.165, 1.54) is 10.4 Å². The van der Waals surface area contributed by atoms with Gasteiger partial charge in [0.05, 0.1) is 17.4 Å². The van der Waals surface area contributed by atoms with Gasteiger partial charge in [0.15, 0.2) is 0 Å². The molecule has 0 aliphatic carbocycles. The second kappa shape index (κ2) is 4.31. The quantitative estimate of drug-likeness (QED) is 0.849. The summed E-state index contributed by atoms with van der Waals surface area (Å²) in [6.07, 6.45) is 2.63. The van der Waals surface area contributed by atoms with Crippen LogP contribution in [-0.2, 0) is 13.0 Å². The third-order valence-corrected chi connectivity index (χ3v) is 4.14. The summed E-state index contributed by atoms with van der Waals surface area (Å²) in [5.41, 5.74) is 8.08. The molecule has 0 bridgehead atoms. The zero-order valence-electron chi connectivity index (χ0n) is 9.76.